The van der Waals surface area contributed by atoms with Gasteiger partial charge >= 0.3 is 0 Å². The molecule has 1 rings (SSSR count). The third-order valence-electron chi connectivity index (χ3n) is 2.19. The molecule has 0 radical (unpaired) electrons. The smallest absolute Gasteiger partial charge is 0.169 e. The highest BCUT2D eigenvalue weighted by molar-refractivity contribution is 7.97. The Labute approximate surface area is 87.3 Å². The van der Waals surface area contributed by atoms with Crippen LogP contribution in [-0.4, -0.2) is 16.1 Å². The highest BCUT2D eigenvalue weighted by Gasteiger charge is 2.32. The second kappa shape index (κ2) is 3.81. The van der Waals surface area contributed by atoms with E-state index in [1.807, 2.05) is 0 Å². The Morgan fingerprint density at radius 1 is 1.29 bits per heavy atom. The molecule has 3 heteroatoms. The van der Waals surface area contributed by atoms with E-state index in [2.05, 4.69) is 27.0 Å². The van der Waals surface area contributed by atoms with Crippen molar-refractivity contribution in [3.05, 3.63) is 24.0 Å². The van der Waals surface area contributed by atoms with Crippen molar-refractivity contribution in [2.75, 3.05) is 6.26 Å². The molecule has 78 valence electrons. The van der Waals surface area contributed by atoms with Gasteiger partial charge in [-0.3, -0.25) is 0 Å². The molecule has 0 aliphatic rings. The Morgan fingerprint density at radius 2 is 1.86 bits per heavy atom. The number of rotatable bonds is 1. The molecule has 0 aliphatic heterocycles. The second-order valence-corrected chi connectivity index (χ2v) is 6.95. The summed E-state index contributed by atoms with van der Waals surface area (Å²) in [5.74, 6) is -0.814. The molecule has 0 bridgehead atoms. The lowest BCUT2D eigenvalue weighted by molar-refractivity contribution is 0.431. The largest absolute Gasteiger partial charge is 0.505 e. The summed E-state index contributed by atoms with van der Waals surface area (Å²) in [6.45, 7) is 6.38. The maximum Gasteiger partial charge on any atom is 0.169 e. The summed E-state index contributed by atoms with van der Waals surface area (Å²) >= 11 is 0. The number of phenolic OH excluding ortho intramolecular Hbond substituents is 1. The van der Waals surface area contributed by atoms with E-state index in [-0.39, 0.29) is 21.4 Å². The SMILES string of the molecule is C[S+](c1ccc(O)c(F)c1)C(C)(C)C. The zero-order valence-corrected chi connectivity index (χ0v) is 9.78. The molecule has 1 aromatic carbocycles. The van der Waals surface area contributed by atoms with Crippen molar-refractivity contribution in [3.8, 4) is 5.75 Å². The topological polar surface area (TPSA) is 20.2 Å². The average Bonchev–Trinajstić information content (AvgIpc) is 2.07. The zero-order valence-electron chi connectivity index (χ0n) is 8.97. The van der Waals surface area contributed by atoms with Gasteiger partial charge in [-0.2, -0.15) is 0 Å². The molecular weight excluding hydrogens is 199 g/mol. The van der Waals surface area contributed by atoms with E-state index in [1.165, 1.54) is 12.1 Å². The molecule has 1 N–H and O–H groups in total. The fourth-order valence-corrected chi connectivity index (χ4v) is 2.29. The summed E-state index contributed by atoms with van der Waals surface area (Å²) in [4.78, 5) is 0.952. The minimum atomic E-state index is -0.536. The molecule has 1 nitrogen and oxygen atoms in total. The lowest BCUT2D eigenvalue weighted by Crippen LogP contribution is -2.27. The third kappa shape index (κ3) is 2.41. The van der Waals surface area contributed by atoms with E-state index >= 15 is 0 Å². The van der Waals surface area contributed by atoms with E-state index in [1.54, 1.807) is 6.07 Å². The summed E-state index contributed by atoms with van der Waals surface area (Å²) in [7, 11) is -0.0204. The van der Waals surface area contributed by atoms with Crippen LogP contribution in [0, 0.1) is 5.82 Å². The monoisotopic (exact) mass is 215 g/mol. The van der Waals surface area contributed by atoms with Gasteiger partial charge in [-0.05, 0) is 32.9 Å². The summed E-state index contributed by atoms with van der Waals surface area (Å²) in [5.41, 5.74) is 0. The van der Waals surface area contributed by atoms with Gasteiger partial charge in [-0.15, -0.1) is 0 Å². The van der Waals surface area contributed by atoms with Crippen molar-refractivity contribution < 1.29 is 9.50 Å². The fourth-order valence-electron chi connectivity index (χ4n) is 1.03. The van der Waals surface area contributed by atoms with E-state index in [0.717, 1.165) is 4.90 Å². The predicted octanol–water partition coefficient (Wildman–Crippen LogP) is 2.94. The van der Waals surface area contributed by atoms with Gasteiger partial charge < -0.3 is 5.11 Å². The number of hydrogen-bond donors (Lipinski definition) is 1. The first kappa shape index (κ1) is 11.4. The lowest BCUT2D eigenvalue weighted by Gasteiger charge is -2.17. The molecule has 0 aromatic heterocycles. The fraction of sp³-hybridized carbons (Fsp3) is 0.455. The van der Waals surface area contributed by atoms with Crippen molar-refractivity contribution in [2.45, 2.75) is 30.4 Å². The average molecular weight is 215 g/mol. The Morgan fingerprint density at radius 3 is 2.29 bits per heavy atom. The molecule has 1 atom stereocenters. The number of phenols is 1. The van der Waals surface area contributed by atoms with Crippen LogP contribution in [0.15, 0.2) is 23.1 Å². The van der Waals surface area contributed by atoms with E-state index in [9.17, 15) is 4.39 Å². The Bertz CT molecular complexity index is 331. The van der Waals surface area contributed by atoms with Gasteiger partial charge in [-0.1, -0.05) is 0 Å². The molecule has 1 unspecified atom stereocenters. The zero-order chi connectivity index (χ0) is 10.9. The van der Waals surface area contributed by atoms with Gasteiger partial charge in [-0.25, -0.2) is 4.39 Å². The van der Waals surface area contributed by atoms with Crippen LogP contribution in [0.25, 0.3) is 0 Å². The van der Waals surface area contributed by atoms with Gasteiger partial charge in [0.2, 0.25) is 0 Å². The van der Waals surface area contributed by atoms with Crippen LogP contribution in [-0.2, 0) is 10.9 Å². The molecule has 0 saturated heterocycles. The summed E-state index contributed by atoms with van der Waals surface area (Å²) < 4.78 is 13.2. The minimum Gasteiger partial charge on any atom is -0.505 e. The van der Waals surface area contributed by atoms with Gasteiger partial charge in [0.1, 0.15) is 11.0 Å². The van der Waals surface area contributed by atoms with Crippen molar-refractivity contribution in [1.82, 2.24) is 0 Å². The van der Waals surface area contributed by atoms with Crippen LogP contribution < -0.4 is 0 Å². The highest BCUT2D eigenvalue weighted by Crippen LogP contribution is 2.27. The van der Waals surface area contributed by atoms with Gasteiger partial charge in [0.05, 0.1) is 0 Å². The molecular formula is C11H16FOS+. The van der Waals surface area contributed by atoms with E-state index in [4.69, 9.17) is 5.11 Å². The number of halogens is 1. The Balaban J connectivity index is 3.03. The predicted molar refractivity (Wildman–Crippen MR) is 59.4 cm³/mol. The first-order chi connectivity index (χ1) is 6.32. The number of hydrogen-bond acceptors (Lipinski definition) is 1. The molecule has 0 heterocycles. The van der Waals surface area contributed by atoms with E-state index in [0.29, 0.717) is 0 Å². The molecule has 0 saturated carbocycles. The van der Waals surface area contributed by atoms with Crippen LogP contribution in [0.2, 0.25) is 0 Å². The van der Waals surface area contributed by atoms with Crippen LogP contribution in [0.5, 0.6) is 5.75 Å². The normalized spacial score (nSPS) is 14.1. The third-order valence-corrected chi connectivity index (χ3v) is 4.99. The second-order valence-electron chi connectivity index (χ2n) is 4.24. The van der Waals surface area contributed by atoms with Crippen molar-refractivity contribution in [2.24, 2.45) is 0 Å². The quantitative estimate of drug-likeness (QED) is 0.714. The van der Waals surface area contributed by atoms with Crippen LogP contribution >= 0.6 is 0 Å². The maximum absolute atomic E-state index is 13.1. The first-order valence-corrected chi connectivity index (χ1v) is 6.10. The van der Waals surface area contributed by atoms with Crippen LogP contribution in [0.4, 0.5) is 4.39 Å². The van der Waals surface area contributed by atoms with Gasteiger partial charge in [0.15, 0.2) is 16.5 Å². The molecule has 0 spiro atoms. The molecule has 14 heavy (non-hydrogen) atoms. The molecule has 0 amide bonds. The van der Waals surface area contributed by atoms with Gasteiger partial charge in [0.25, 0.3) is 0 Å². The number of aromatic hydroxyl groups is 1. The highest BCUT2D eigenvalue weighted by atomic mass is 32.2. The molecule has 0 aliphatic carbocycles. The first-order valence-electron chi connectivity index (χ1n) is 4.47. The summed E-state index contributed by atoms with van der Waals surface area (Å²) in [5, 5.41) is 9.06. The van der Waals surface area contributed by atoms with E-state index < -0.39 is 5.82 Å². The van der Waals surface area contributed by atoms with Gasteiger partial charge in [0, 0.05) is 17.0 Å². The molecule has 1 aromatic rings. The maximum atomic E-state index is 13.1. The molecule has 0 fully saturated rings. The van der Waals surface area contributed by atoms with Crippen molar-refractivity contribution in [1.29, 1.82) is 0 Å². The van der Waals surface area contributed by atoms with Crippen LogP contribution in [0.1, 0.15) is 20.8 Å². The lowest BCUT2D eigenvalue weighted by atomic mass is 10.3. The Kier molecular flexibility index (Phi) is 3.10. The summed E-state index contributed by atoms with van der Waals surface area (Å²) in [6.07, 6.45) is 2.09. The summed E-state index contributed by atoms with van der Waals surface area (Å²) in [6, 6.07) is 4.62. The minimum absolute atomic E-state index is 0.0204. The van der Waals surface area contributed by atoms with Crippen LogP contribution in [0.3, 0.4) is 0 Å². The Hall–Kier alpha value is -0.700. The van der Waals surface area contributed by atoms with Crippen molar-refractivity contribution in [3.63, 3.8) is 0 Å². The number of benzene rings is 1. The van der Waals surface area contributed by atoms with Crippen molar-refractivity contribution >= 4 is 10.9 Å². The standard InChI is InChI=1S/C11H15FOS/c1-11(2,3)14(4)8-5-6-10(13)9(12)7-8/h5-7H,1-4H3/p+1.